The Balaban J connectivity index is 2.03. The number of hydrogen-bond donors (Lipinski definition) is 0. The van der Waals surface area contributed by atoms with Crippen molar-refractivity contribution in [3.63, 3.8) is 0 Å². The van der Waals surface area contributed by atoms with Gasteiger partial charge in [-0.15, -0.1) is 0 Å². The highest BCUT2D eigenvalue weighted by atomic mass is 127. The first-order valence-electron chi connectivity index (χ1n) is 5.11. The van der Waals surface area contributed by atoms with Crippen LogP contribution in [-0.2, 0) is 0 Å². The molecule has 0 spiro atoms. The van der Waals surface area contributed by atoms with E-state index in [1.807, 2.05) is 48.5 Å². The third kappa shape index (κ3) is 2.14. The second kappa shape index (κ2) is 4.62. The standard InChI is InChI=1S/C13H8INOS/c14-10-6-2-4-8-12(10)16-13-9-5-1-3-7-11(9)15-17-13/h1-8H. The Hall–Kier alpha value is -1.14. The first kappa shape index (κ1) is 11.0. The smallest absolute Gasteiger partial charge is 0.207 e. The average Bonchev–Trinajstić information content (AvgIpc) is 2.76. The zero-order valence-corrected chi connectivity index (χ0v) is 11.7. The van der Waals surface area contributed by atoms with Crippen molar-refractivity contribution in [3.8, 4) is 10.8 Å². The maximum Gasteiger partial charge on any atom is 0.207 e. The van der Waals surface area contributed by atoms with Crippen LogP contribution in [0.1, 0.15) is 0 Å². The molecular formula is C13H8INOS. The van der Waals surface area contributed by atoms with Crippen molar-refractivity contribution in [3.05, 3.63) is 52.1 Å². The molecule has 0 aliphatic rings. The zero-order chi connectivity index (χ0) is 11.7. The summed E-state index contributed by atoms with van der Waals surface area (Å²) in [6.07, 6.45) is 0. The fourth-order valence-electron chi connectivity index (χ4n) is 1.57. The van der Waals surface area contributed by atoms with E-state index in [1.54, 1.807) is 0 Å². The van der Waals surface area contributed by atoms with Crippen LogP contribution in [0, 0.1) is 3.57 Å². The van der Waals surface area contributed by atoms with Gasteiger partial charge in [0.1, 0.15) is 5.75 Å². The third-order valence-electron chi connectivity index (χ3n) is 2.39. The Bertz CT molecular complexity index is 665. The number of halogens is 1. The fraction of sp³-hybridized carbons (Fsp3) is 0. The fourth-order valence-corrected chi connectivity index (χ4v) is 2.80. The van der Waals surface area contributed by atoms with Gasteiger partial charge in [-0.05, 0) is 46.9 Å². The van der Waals surface area contributed by atoms with Crippen LogP contribution in [0.5, 0.6) is 10.8 Å². The summed E-state index contributed by atoms with van der Waals surface area (Å²) in [5.41, 5.74) is 0.985. The molecule has 0 fully saturated rings. The van der Waals surface area contributed by atoms with Crippen molar-refractivity contribution in [1.82, 2.24) is 4.37 Å². The van der Waals surface area contributed by atoms with E-state index in [0.717, 1.165) is 25.3 Å². The molecule has 84 valence electrons. The minimum Gasteiger partial charge on any atom is -0.443 e. The molecule has 0 amide bonds. The number of aromatic nitrogens is 1. The lowest BCUT2D eigenvalue weighted by molar-refractivity contribution is 0.498. The van der Waals surface area contributed by atoms with Gasteiger partial charge < -0.3 is 4.74 Å². The molecule has 0 aliphatic carbocycles. The first-order chi connectivity index (χ1) is 8.34. The van der Waals surface area contributed by atoms with Crippen molar-refractivity contribution >= 4 is 45.0 Å². The van der Waals surface area contributed by atoms with Crippen molar-refractivity contribution < 1.29 is 4.74 Å². The maximum absolute atomic E-state index is 5.91. The molecule has 2 aromatic carbocycles. The molecule has 17 heavy (non-hydrogen) atoms. The second-order valence-corrected chi connectivity index (χ2v) is 5.42. The molecular weight excluding hydrogens is 345 g/mol. The molecule has 0 atom stereocenters. The molecule has 3 aromatic rings. The largest absolute Gasteiger partial charge is 0.443 e. The molecule has 0 aliphatic heterocycles. The van der Waals surface area contributed by atoms with Crippen LogP contribution in [0.4, 0.5) is 0 Å². The highest BCUT2D eigenvalue weighted by molar-refractivity contribution is 14.1. The van der Waals surface area contributed by atoms with Crippen LogP contribution in [0.25, 0.3) is 10.9 Å². The molecule has 3 rings (SSSR count). The molecule has 0 saturated heterocycles. The molecule has 2 nitrogen and oxygen atoms in total. The van der Waals surface area contributed by atoms with Crippen LogP contribution in [0.2, 0.25) is 0 Å². The van der Waals surface area contributed by atoms with E-state index in [9.17, 15) is 0 Å². The predicted molar refractivity (Wildman–Crippen MR) is 78.9 cm³/mol. The number of benzene rings is 2. The molecule has 1 aromatic heterocycles. The van der Waals surface area contributed by atoms with E-state index in [-0.39, 0.29) is 0 Å². The number of ether oxygens (including phenoxy) is 1. The summed E-state index contributed by atoms with van der Waals surface area (Å²) < 4.78 is 11.4. The summed E-state index contributed by atoms with van der Waals surface area (Å²) in [6, 6.07) is 16.0. The summed E-state index contributed by atoms with van der Waals surface area (Å²) in [7, 11) is 0. The van der Waals surface area contributed by atoms with Gasteiger partial charge in [0.15, 0.2) is 0 Å². The third-order valence-corrected chi connectivity index (χ3v) is 4.04. The van der Waals surface area contributed by atoms with Crippen LogP contribution >= 0.6 is 34.1 Å². The quantitative estimate of drug-likeness (QED) is 0.624. The lowest BCUT2D eigenvalue weighted by Gasteiger charge is -2.04. The number of hydrogen-bond acceptors (Lipinski definition) is 3. The van der Waals surface area contributed by atoms with Gasteiger partial charge in [0.05, 0.1) is 14.5 Å². The maximum atomic E-state index is 5.91. The molecule has 0 radical (unpaired) electrons. The van der Waals surface area contributed by atoms with Gasteiger partial charge in [-0.25, -0.2) is 0 Å². The molecule has 0 saturated carbocycles. The van der Waals surface area contributed by atoms with Crippen LogP contribution in [0.3, 0.4) is 0 Å². The lowest BCUT2D eigenvalue weighted by atomic mass is 10.2. The van der Waals surface area contributed by atoms with Crippen molar-refractivity contribution in [1.29, 1.82) is 0 Å². The monoisotopic (exact) mass is 353 g/mol. The molecule has 0 bridgehead atoms. The lowest BCUT2D eigenvalue weighted by Crippen LogP contribution is -1.84. The summed E-state index contributed by atoms with van der Waals surface area (Å²) in [5, 5.41) is 1.92. The zero-order valence-electron chi connectivity index (χ0n) is 8.76. The molecule has 4 heteroatoms. The first-order valence-corrected chi connectivity index (χ1v) is 6.96. The summed E-state index contributed by atoms with van der Waals surface area (Å²) in [5.74, 6) is 0.877. The van der Waals surface area contributed by atoms with Gasteiger partial charge in [-0.1, -0.05) is 24.3 Å². The van der Waals surface area contributed by atoms with E-state index in [1.165, 1.54) is 11.5 Å². The second-order valence-electron chi connectivity index (χ2n) is 3.52. The molecule has 0 unspecified atom stereocenters. The topological polar surface area (TPSA) is 22.1 Å². The van der Waals surface area contributed by atoms with Gasteiger partial charge >= 0.3 is 0 Å². The van der Waals surface area contributed by atoms with Gasteiger partial charge in [0, 0.05) is 11.5 Å². The van der Waals surface area contributed by atoms with Crippen LogP contribution in [-0.4, -0.2) is 4.37 Å². The Kier molecular flexibility index (Phi) is 2.98. The van der Waals surface area contributed by atoms with Gasteiger partial charge in [0.25, 0.3) is 0 Å². The van der Waals surface area contributed by atoms with E-state index < -0.39 is 0 Å². The molecule has 1 heterocycles. The number of nitrogens with zero attached hydrogens (tertiary/aromatic N) is 1. The predicted octanol–water partition coefficient (Wildman–Crippen LogP) is 4.69. The van der Waals surface area contributed by atoms with Gasteiger partial charge in [-0.3, -0.25) is 0 Å². The Morgan fingerprint density at radius 2 is 1.76 bits per heavy atom. The minimum atomic E-state index is 0.852. The number of para-hydroxylation sites is 1. The normalized spacial score (nSPS) is 10.6. The SMILES string of the molecule is Ic1ccccc1Oc1snc2ccccc12. The highest BCUT2D eigenvalue weighted by Crippen LogP contribution is 2.35. The van der Waals surface area contributed by atoms with E-state index in [2.05, 4.69) is 27.0 Å². The minimum absolute atomic E-state index is 0.852. The van der Waals surface area contributed by atoms with E-state index >= 15 is 0 Å². The number of fused-ring (bicyclic) bond motifs is 1. The number of rotatable bonds is 2. The Labute approximate surface area is 117 Å². The van der Waals surface area contributed by atoms with Crippen molar-refractivity contribution in [2.75, 3.05) is 0 Å². The summed E-state index contributed by atoms with van der Waals surface area (Å²) in [6.45, 7) is 0. The van der Waals surface area contributed by atoms with Crippen LogP contribution in [0.15, 0.2) is 48.5 Å². The van der Waals surface area contributed by atoms with E-state index in [4.69, 9.17) is 4.74 Å². The summed E-state index contributed by atoms with van der Waals surface area (Å²) in [4.78, 5) is 0. The Morgan fingerprint density at radius 3 is 2.65 bits per heavy atom. The van der Waals surface area contributed by atoms with Crippen molar-refractivity contribution in [2.24, 2.45) is 0 Å². The average molecular weight is 353 g/mol. The van der Waals surface area contributed by atoms with E-state index in [0.29, 0.717) is 0 Å². The molecule has 0 N–H and O–H groups in total. The van der Waals surface area contributed by atoms with Crippen molar-refractivity contribution in [2.45, 2.75) is 0 Å². The van der Waals surface area contributed by atoms with Gasteiger partial charge in [0.2, 0.25) is 5.06 Å². The van der Waals surface area contributed by atoms with Crippen LogP contribution < -0.4 is 4.74 Å². The van der Waals surface area contributed by atoms with Gasteiger partial charge in [-0.2, -0.15) is 4.37 Å². The highest BCUT2D eigenvalue weighted by Gasteiger charge is 2.08. The Morgan fingerprint density at radius 1 is 1.00 bits per heavy atom. The summed E-state index contributed by atoms with van der Waals surface area (Å²) >= 11 is 3.66.